The van der Waals surface area contributed by atoms with E-state index in [1.165, 1.54) is 0 Å². The van der Waals surface area contributed by atoms with Crippen LogP contribution in [0.4, 0.5) is 0 Å². The van der Waals surface area contributed by atoms with Crippen molar-refractivity contribution in [1.29, 1.82) is 5.53 Å². The molecule has 0 radical (unpaired) electrons. The van der Waals surface area contributed by atoms with E-state index in [0.29, 0.717) is 11.6 Å². The highest BCUT2D eigenvalue weighted by molar-refractivity contribution is 8.53. The number of nitrogens with zero attached hydrogens (tertiary/aromatic N) is 1. The first kappa shape index (κ1) is 8.90. The molecule has 0 fully saturated rings. The smallest absolute Gasteiger partial charge is 0.293 e. The lowest BCUT2D eigenvalue weighted by molar-refractivity contribution is 0.238. The fourth-order valence-electron chi connectivity index (χ4n) is 0.146. The van der Waals surface area contributed by atoms with Crippen molar-refractivity contribution in [2.45, 2.75) is 0 Å². The third-order valence-electron chi connectivity index (χ3n) is 0.494. The summed E-state index contributed by atoms with van der Waals surface area (Å²) in [5.74, 6) is 0. The fraction of sp³-hybridized carbons (Fsp3) is 1.00. The summed E-state index contributed by atoms with van der Waals surface area (Å²) < 4.78 is 19.0. The normalized spacial score (nSPS) is 16.2. The van der Waals surface area contributed by atoms with Crippen molar-refractivity contribution >= 4 is 18.4 Å². The second-order valence-corrected chi connectivity index (χ2v) is 4.52. The van der Waals surface area contributed by atoms with Gasteiger partial charge in [-0.15, -0.1) is 0 Å². The van der Waals surface area contributed by atoms with E-state index in [1.54, 1.807) is 0 Å². The van der Waals surface area contributed by atoms with E-state index in [4.69, 9.17) is 10.7 Å². The lowest BCUT2D eigenvalue weighted by Gasteiger charge is -2.05. The van der Waals surface area contributed by atoms with Crippen LogP contribution in [0.2, 0.25) is 0 Å². The maximum atomic E-state index is 10.7. The Balaban J connectivity index is 3.93. The van der Waals surface area contributed by atoms with Crippen LogP contribution >= 0.6 is 18.4 Å². The second kappa shape index (κ2) is 3.84. The zero-order valence-corrected chi connectivity index (χ0v) is 6.32. The van der Waals surface area contributed by atoms with Crippen molar-refractivity contribution < 1.29 is 13.7 Å². The molecular formula is CH6N3O3PS. The summed E-state index contributed by atoms with van der Waals surface area (Å²) in [7, 11) is 1.16. The van der Waals surface area contributed by atoms with Crippen molar-refractivity contribution in [3.05, 3.63) is 0 Å². The van der Waals surface area contributed by atoms with Crippen LogP contribution in [0.5, 0.6) is 0 Å². The van der Waals surface area contributed by atoms with Crippen LogP contribution in [0.25, 0.3) is 0 Å². The summed E-state index contributed by atoms with van der Waals surface area (Å²) in [5, 5.41) is 7.27. The molecule has 0 aromatic carbocycles. The Morgan fingerprint density at radius 2 is 2.44 bits per heavy atom. The number of hydrogen-bond donors (Lipinski definition) is 2. The van der Waals surface area contributed by atoms with Crippen LogP contribution in [0.1, 0.15) is 0 Å². The monoisotopic (exact) mass is 171 g/mol. The van der Waals surface area contributed by atoms with Gasteiger partial charge < -0.3 is 0 Å². The second-order valence-electron chi connectivity index (χ2n) is 0.908. The first-order chi connectivity index (χ1) is 4.18. The molecule has 6 nitrogen and oxygen atoms in total. The average molecular weight is 171 g/mol. The molecule has 3 N–H and O–H groups in total. The van der Waals surface area contributed by atoms with Gasteiger partial charge in [-0.3, -0.25) is 14.3 Å². The molecule has 0 aromatic rings. The zero-order valence-electron chi connectivity index (χ0n) is 4.60. The SMILES string of the molecule is COP(=O)(ON=N)SN. The lowest BCUT2D eigenvalue weighted by atomic mass is 11.8. The summed E-state index contributed by atoms with van der Waals surface area (Å²) in [6, 6.07) is 0. The topological polar surface area (TPSA) is 97.8 Å². The molecule has 0 amide bonds. The standard InChI is InChI=1S/CH6N3O3PS/c1-6-8(5,9-3)7-4-2/h2H,3H2,1H3. The molecule has 1 unspecified atom stereocenters. The number of rotatable bonds is 4. The largest absolute Gasteiger partial charge is 0.475 e. The summed E-state index contributed by atoms with van der Waals surface area (Å²) in [6.45, 7) is -3.34. The van der Waals surface area contributed by atoms with Gasteiger partial charge in [0, 0.05) is 12.4 Å². The van der Waals surface area contributed by atoms with Gasteiger partial charge in [0.05, 0.1) is 11.6 Å². The first-order valence-corrected chi connectivity index (χ1v) is 4.81. The first-order valence-electron chi connectivity index (χ1n) is 1.78. The Hall–Kier alpha value is -0.100. The van der Waals surface area contributed by atoms with Gasteiger partial charge in [0.25, 0.3) is 0 Å². The van der Waals surface area contributed by atoms with Crippen LogP contribution in [0.3, 0.4) is 0 Å². The fourth-order valence-corrected chi connectivity index (χ4v) is 0.911. The molecule has 0 aromatic heterocycles. The molecule has 0 aliphatic rings. The van der Waals surface area contributed by atoms with Gasteiger partial charge in [-0.05, 0) is 0 Å². The summed E-state index contributed by atoms with van der Waals surface area (Å²) >= 11 is 0.394. The number of nitrogens with one attached hydrogen (secondary N) is 1. The molecule has 54 valence electrons. The predicted molar refractivity (Wildman–Crippen MR) is 32.6 cm³/mol. The van der Waals surface area contributed by atoms with Crippen LogP contribution < -0.4 is 5.14 Å². The highest BCUT2D eigenvalue weighted by atomic mass is 32.7. The Morgan fingerprint density at radius 1 is 1.89 bits per heavy atom. The average Bonchev–Trinajstić information content (AvgIpc) is 1.89. The molecule has 1 atom stereocenters. The lowest BCUT2D eigenvalue weighted by Crippen LogP contribution is -1.85. The van der Waals surface area contributed by atoms with E-state index in [-0.39, 0.29) is 0 Å². The van der Waals surface area contributed by atoms with E-state index in [9.17, 15) is 4.57 Å². The number of hydrogen-bond acceptors (Lipinski definition) is 7. The van der Waals surface area contributed by atoms with Gasteiger partial charge >= 0.3 is 6.80 Å². The van der Waals surface area contributed by atoms with Gasteiger partial charge in [-0.25, -0.2) is 4.57 Å². The van der Waals surface area contributed by atoms with Crippen molar-refractivity contribution in [2.75, 3.05) is 7.11 Å². The maximum Gasteiger partial charge on any atom is 0.475 e. The molecule has 8 heteroatoms. The maximum absolute atomic E-state index is 10.7. The third kappa shape index (κ3) is 2.81. The van der Waals surface area contributed by atoms with Crippen LogP contribution in [-0.2, 0) is 13.7 Å². The molecule has 0 saturated carbocycles. The molecule has 9 heavy (non-hydrogen) atoms. The molecule has 0 aliphatic carbocycles. The van der Waals surface area contributed by atoms with Crippen LogP contribution in [-0.4, -0.2) is 7.11 Å². The minimum atomic E-state index is -3.34. The molecule has 0 rings (SSSR count). The minimum Gasteiger partial charge on any atom is -0.293 e. The van der Waals surface area contributed by atoms with Crippen LogP contribution in [0, 0.1) is 5.53 Å². The van der Waals surface area contributed by atoms with E-state index in [2.05, 4.69) is 14.4 Å². The van der Waals surface area contributed by atoms with Crippen molar-refractivity contribution in [3.63, 3.8) is 0 Å². The Morgan fingerprint density at radius 3 is 2.56 bits per heavy atom. The Bertz CT molecular complexity index is 131. The van der Waals surface area contributed by atoms with Gasteiger partial charge in [0.2, 0.25) is 0 Å². The molecule has 0 spiro atoms. The van der Waals surface area contributed by atoms with Gasteiger partial charge in [-0.1, -0.05) is 0 Å². The molecule has 0 bridgehead atoms. The Kier molecular flexibility index (Phi) is 3.79. The van der Waals surface area contributed by atoms with Gasteiger partial charge in [0.1, 0.15) is 0 Å². The van der Waals surface area contributed by atoms with Crippen molar-refractivity contribution in [3.8, 4) is 0 Å². The third-order valence-corrected chi connectivity index (χ3v) is 2.90. The molecule has 0 saturated heterocycles. The highest BCUT2D eigenvalue weighted by Gasteiger charge is 2.23. The molecular weight excluding hydrogens is 165 g/mol. The quantitative estimate of drug-likeness (QED) is 0.287. The predicted octanol–water partition coefficient (Wildman–Crippen LogP) is 1.31. The van der Waals surface area contributed by atoms with Crippen molar-refractivity contribution in [1.82, 2.24) is 0 Å². The van der Waals surface area contributed by atoms with Crippen molar-refractivity contribution in [2.24, 2.45) is 10.4 Å². The van der Waals surface area contributed by atoms with E-state index >= 15 is 0 Å². The summed E-state index contributed by atoms with van der Waals surface area (Å²) in [4.78, 5) is 0. The molecule has 0 heterocycles. The van der Waals surface area contributed by atoms with Crippen LogP contribution in [0.15, 0.2) is 5.28 Å². The number of nitrogens with two attached hydrogens (primary N) is 1. The summed E-state index contributed by atoms with van der Waals surface area (Å²) in [6.07, 6.45) is 0. The molecule has 0 aliphatic heterocycles. The highest BCUT2D eigenvalue weighted by Crippen LogP contribution is 2.56. The van der Waals surface area contributed by atoms with E-state index in [1.807, 2.05) is 0 Å². The minimum absolute atomic E-state index is 0.394. The van der Waals surface area contributed by atoms with E-state index in [0.717, 1.165) is 7.11 Å². The van der Waals surface area contributed by atoms with Gasteiger partial charge in [-0.2, -0.15) is 5.53 Å². The zero-order chi connectivity index (χ0) is 7.33. The Labute approximate surface area is 56.0 Å². The van der Waals surface area contributed by atoms with Gasteiger partial charge in [0.15, 0.2) is 0 Å². The van der Waals surface area contributed by atoms with E-state index < -0.39 is 6.80 Å². The summed E-state index contributed by atoms with van der Waals surface area (Å²) in [5.41, 5.74) is 6.15.